The van der Waals surface area contributed by atoms with E-state index in [2.05, 4.69) is 21.2 Å². The zero-order valence-electron chi connectivity index (χ0n) is 13.5. The number of hydrogen-bond donors (Lipinski definition) is 1. The molecule has 0 radical (unpaired) electrons. The lowest BCUT2D eigenvalue weighted by molar-refractivity contribution is -0.0440. The number of amides is 1. The van der Waals surface area contributed by atoms with Crippen molar-refractivity contribution in [3.63, 3.8) is 0 Å². The number of halogens is 2. The molecule has 6 nitrogen and oxygen atoms in total. The van der Waals surface area contributed by atoms with E-state index in [1.54, 1.807) is 6.07 Å². The summed E-state index contributed by atoms with van der Waals surface area (Å²) in [5.41, 5.74) is -0.121. The molecule has 2 unspecified atom stereocenters. The Morgan fingerprint density at radius 1 is 1.38 bits per heavy atom. The van der Waals surface area contributed by atoms with Crippen LogP contribution in [0.3, 0.4) is 0 Å². The standard InChI is InChI=1S/C15H20BrFN2O4S/c1-10-8-19(9-11(2)23-10)24(21,22)6-5-18-15(20)13-4-3-12(16)7-14(13)17/h3-4,7,10-11H,5-6,8-9H2,1-2H3,(H,18,20). The summed E-state index contributed by atoms with van der Waals surface area (Å²) in [7, 11) is -3.51. The van der Waals surface area contributed by atoms with Crippen LogP contribution in [0.25, 0.3) is 0 Å². The van der Waals surface area contributed by atoms with Crippen molar-refractivity contribution in [1.29, 1.82) is 0 Å². The summed E-state index contributed by atoms with van der Waals surface area (Å²) in [4.78, 5) is 11.9. The van der Waals surface area contributed by atoms with Gasteiger partial charge in [-0.3, -0.25) is 4.79 Å². The highest BCUT2D eigenvalue weighted by atomic mass is 79.9. The monoisotopic (exact) mass is 422 g/mol. The van der Waals surface area contributed by atoms with Gasteiger partial charge in [-0.15, -0.1) is 0 Å². The van der Waals surface area contributed by atoms with Gasteiger partial charge in [-0.05, 0) is 32.0 Å². The SMILES string of the molecule is CC1CN(S(=O)(=O)CCNC(=O)c2ccc(Br)cc2F)CC(C)O1. The number of benzene rings is 1. The van der Waals surface area contributed by atoms with Crippen molar-refractivity contribution in [1.82, 2.24) is 9.62 Å². The van der Waals surface area contributed by atoms with Crippen LogP contribution in [-0.2, 0) is 14.8 Å². The molecule has 1 aromatic rings. The summed E-state index contributed by atoms with van der Waals surface area (Å²) < 4.78 is 45.8. The van der Waals surface area contributed by atoms with Crippen LogP contribution in [0.15, 0.2) is 22.7 Å². The van der Waals surface area contributed by atoms with Crippen LogP contribution in [-0.4, -0.2) is 56.2 Å². The van der Waals surface area contributed by atoms with E-state index in [0.29, 0.717) is 17.6 Å². The van der Waals surface area contributed by atoms with E-state index >= 15 is 0 Å². The third kappa shape index (κ3) is 4.98. The van der Waals surface area contributed by atoms with Crippen LogP contribution < -0.4 is 5.32 Å². The lowest BCUT2D eigenvalue weighted by Gasteiger charge is -2.34. The highest BCUT2D eigenvalue weighted by molar-refractivity contribution is 9.10. The molecule has 0 aliphatic carbocycles. The molecule has 1 heterocycles. The van der Waals surface area contributed by atoms with E-state index in [1.165, 1.54) is 16.4 Å². The van der Waals surface area contributed by atoms with Gasteiger partial charge in [0.25, 0.3) is 5.91 Å². The Kier molecular flexibility index (Phi) is 6.35. The van der Waals surface area contributed by atoms with E-state index in [1.807, 2.05) is 13.8 Å². The average Bonchev–Trinajstić information content (AvgIpc) is 2.45. The summed E-state index contributed by atoms with van der Waals surface area (Å²) >= 11 is 3.11. The molecule has 9 heteroatoms. The van der Waals surface area contributed by atoms with Crippen molar-refractivity contribution in [2.45, 2.75) is 26.1 Å². The fourth-order valence-electron chi connectivity index (χ4n) is 2.55. The number of rotatable bonds is 5. The molecular weight excluding hydrogens is 403 g/mol. The van der Waals surface area contributed by atoms with E-state index in [4.69, 9.17) is 4.74 Å². The van der Waals surface area contributed by atoms with Gasteiger partial charge in [0, 0.05) is 24.1 Å². The molecule has 1 fully saturated rings. The average molecular weight is 423 g/mol. The fourth-order valence-corrected chi connectivity index (χ4v) is 4.37. The van der Waals surface area contributed by atoms with Crippen LogP contribution in [0.4, 0.5) is 4.39 Å². The molecule has 1 aliphatic rings. The molecule has 1 N–H and O–H groups in total. The molecule has 0 aromatic heterocycles. The molecule has 24 heavy (non-hydrogen) atoms. The first kappa shape index (κ1) is 19.3. The smallest absolute Gasteiger partial charge is 0.254 e. The molecule has 1 amide bonds. The number of nitrogens with zero attached hydrogens (tertiary/aromatic N) is 1. The molecule has 1 aliphatic heterocycles. The van der Waals surface area contributed by atoms with Gasteiger partial charge in [-0.1, -0.05) is 15.9 Å². The molecule has 0 spiro atoms. The van der Waals surface area contributed by atoms with Crippen LogP contribution in [0.1, 0.15) is 24.2 Å². The minimum absolute atomic E-state index is 0.0865. The lowest BCUT2D eigenvalue weighted by Crippen LogP contribution is -2.49. The summed E-state index contributed by atoms with van der Waals surface area (Å²) in [5.74, 6) is -1.55. The zero-order chi connectivity index (χ0) is 17.9. The molecule has 1 aromatic carbocycles. The number of sulfonamides is 1. The topological polar surface area (TPSA) is 75.7 Å². The Balaban J connectivity index is 1.91. The highest BCUT2D eigenvalue weighted by Gasteiger charge is 2.30. The molecule has 1 saturated heterocycles. The minimum atomic E-state index is -3.51. The van der Waals surface area contributed by atoms with Gasteiger partial charge < -0.3 is 10.1 Å². The van der Waals surface area contributed by atoms with E-state index < -0.39 is 21.7 Å². The quantitative estimate of drug-likeness (QED) is 0.783. The van der Waals surface area contributed by atoms with Gasteiger partial charge in [0.05, 0.1) is 23.5 Å². The Bertz CT molecular complexity index is 703. The molecule has 2 rings (SSSR count). The van der Waals surface area contributed by atoms with Gasteiger partial charge in [0.15, 0.2) is 0 Å². The number of ether oxygens (including phenoxy) is 1. The first-order chi connectivity index (χ1) is 11.2. The van der Waals surface area contributed by atoms with Crippen molar-refractivity contribution in [3.05, 3.63) is 34.1 Å². The Labute approximate surface area is 149 Å². The maximum Gasteiger partial charge on any atom is 0.254 e. The summed E-state index contributed by atoms with van der Waals surface area (Å²) in [5, 5.41) is 2.45. The first-order valence-corrected chi connectivity index (χ1v) is 9.96. The van der Waals surface area contributed by atoms with Gasteiger partial charge in [-0.2, -0.15) is 4.31 Å². The van der Waals surface area contributed by atoms with Crippen molar-refractivity contribution in [2.24, 2.45) is 0 Å². The van der Waals surface area contributed by atoms with Gasteiger partial charge >= 0.3 is 0 Å². The number of nitrogens with one attached hydrogen (secondary N) is 1. The molecule has 134 valence electrons. The first-order valence-electron chi connectivity index (χ1n) is 7.55. The molecule has 0 saturated carbocycles. The van der Waals surface area contributed by atoms with Crippen LogP contribution in [0.2, 0.25) is 0 Å². The van der Waals surface area contributed by atoms with Gasteiger partial charge in [-0.25, -0.2) is 12.8 Å². The van der Waals surface area contributed by atoms with Crippen molar-refractivity contribution >= 4 is 31.9 Å². The zero-order valence-corrected chi connectivity index (χ0v) is 15.9. The van der Waals surface area contributed by atoms with E-state index in [0.717, 1.165) is 0 Å². The number of hydrogen-bond acceptors (Lipinski definition) is 4. The third-order valence-electron chi connectivity index (χ3n) is 3.60. The second-order valence-corrected chi connectivity index (χ2v) is 8.77. The predicted octanol–water partition coefficient (Wildman–Crippen LogP) is 1.76. The third-order valence-corrected chi connectivity index (χ3v) is 5.90. The highest BCUT2D eigenvalue weighted by Crippen LogP contribution is 2.16. The molecule has 2 atom stereocenters. The van der Waals surface area contributed by atoms with Crippen LogP contribution >= 0.6 is 15.9 Å². The normalized spacial score (nSPS) is 22.3. The van der Waals surface area contributed by atoms with Gasteiger partial charge in [0.1, 0.15) is 5.82 Å². The predicted molar refractivity (Wildman–Crippen MR) is 91.8 cm³/mol. The van der Waals surface area contributed by atoms with E-state index in [9.17, 15) is 17.6 Å². The summed E-state index contributed by atoms with van der Waals surface area (Å²) in [6.07, 6.45) is -0.343. The number of carbonyl (C=O) groups is 1. The minimum Gasteiger partial charge on any atom is -0.373 e. The van der Waals surface area contributed by atoms with Crippen molar-refractivity contribution < 1.29 is 22.3 Å². The fraction of sp³-hybridized carbons (Fsp3) is 0.533. The second-order valence-electron chi connectivity index (χ2n) is 5.77. The summed E-state index contributed by atoms with van der Waals surface area (Å²) in [6, 6.07) is 4.07. The largest absolute Gasteiger partial charge is 0.373 e. The lowest BCUT2D eigenvalue weighted by atomic mass is 10.2. The Morgan fingerprint density at radius 3 is 2.58 bits per heavy atom. The Hall–Kier alpha value is -1.03. The van der Waals surface area contributed by atoms with Crippen LogP contribution in [0.5, 0.6) is 0 Å². The van der Waals surface area contributed by atoms with Crippen LogP contribution in [0, 0.1) is 5.82 Å². The molecular formula is C15H20BrFN2O4S. The maximum atomic E-state index is 13.7. The Morgan fingerprint density at radius 2 is 2.00 bits per heavy atom. The molecule has 0 bridgehead atoms. The van der Waals surface area contributed by atoms with Crippen molar-refractivity contribution in [3.8, 4) is 0 Å². The second kappa shape index (κ2) is 7.90. The number of morpholine rings is 1. The summed E-state index contributed by atoms with van der Waals surface area (Å²) in [6.45, 7) is 4.13. The van der Waals surface area contributed by atoms with E-state index in [-0.39, 0.29) is 30.1 Å². The maximum absolute atomic E-state index is 13.7. The van der Waals surface area contributed by atoms with Gasteiger partial charge in [0.2, 0.25) is 10.0 Å². The number of carbonyl (C=O) groups excluding carboxylic acids is 1. The van der Waals surface area contributed by atoms with Crippen molar-refractivity contribution in [2.75, 3.05) is 25.4 Å².